The van der Waals surface area contributed by atoms with Crippen molar-refractivity contribution in [2.45, 2.75) is 34.6 Å². The van der Waals surface area contributed by atoms with Crippen LogP contribution in [0.15, 0.2) is 73.3 Å². The van der Waals surface area contributed by atoms with Crippen LogP contribution in [0.25, 0.3) is 16.3 Å². The standard InChI is InChI=1S/C17H16.2C2H6/c1-3-5-8-14(4-2)17-12-11-15-9-6-7-10-16(15)13-17;2*1-2/h3-13H,2H2,1H3;2*1-2H3/b5-3-,14-8+;;. The summed E-state index contributed by atoms with van der Waals surface area (Å²) in [6.07, 6.45) is 8.03. The number of rotatable bonds is 3. The van der Waals surface area contributed by atoms with Crippen molar-refractivity contribution < 1.29 is 0 Å². The van der Waals surface area contributed by atoms with E-state index in [0.29, 0.717) is 0 Å². The first kappa shape index (κ1) is 18.9. The molecule has 0 N–H and O–H groups in total. The zero-order chi connectivity index (χ0) is 16.1. The minimum atomic E-state index is 1.15. The molecule has 0 nitrogen and oxygen atoms in total. The van der Waals surface area contributed by atoms with Crippen LogP contribution in [0.5, 0.6) is 0 Å². The maximum Gasteiger partial charge on any atom is -0.0178 e. The Morgan fingerprint density at radius 2 is 1.52 bits per heavy atom. The van der Waals surface area contributed by atoms with E-state index in [2.05, 4.69) is 55.1 Å². The molecule has 0 aliphatic heterocycles. The van der Waals surface area contributed by atoms with Gasteiger partial charge in [-0.15, -0.1) is 0 Å². The van der Waals surface area contributed by atoms with Gasteiger partial charge in [-0.2, -0.15) is 0 Å². The molecule has 0 spiro atoms. The Morgan fingerprint density at radius 3 is 2.10 bits per heavy atom. The predicted octanol–water partition coefficient (Wildman–Crippen LogP) is 7.04. The molecule has 112 valence electrons. The molecule has 0 saturated heterocycles. The quantitative estimate of drug-likeness (QED) is 0.529. The van der Waals surface area contributed by atoms with Crippen LogP contribution >= 0.6 is 0 Å². The van der Waals surface area contributed by atoms with Gasteiger partial charge in [-0.05, 0) is 34.9 Å². The van der Waals surface area contributed by atoms with Gasteiger partial charge in [0.1, 0.15) is 0 Å². The topological polar surface area (TPSA) is 0 Å². The zero-order valence-electron chi connectivity index (χ0n) is 14.1. The van der Waals surface area contributed by atoms with Gasteiger partial charge >= 0.3 is 0 Å². The monoisotopic (exact) mass is 280 g/mol. The van der Waals surface area contributed by atoms with E-state index in [4.69, 9.17) is 0 Å². The summed E-state index contributed by atoms with van der Waals surface area (Å²) in [5.41, 5.74) is 2.35. The lowest BCUT2D eigenvalue weighted by atomic mass is 10.0. The van der Waals surface area contributed by atoms with Crippen molar-refractivity contribution in [2.75, 3.05) is 0 Å². The van der Waals surface area contributed by atoms with Crippen LogP contribution in [0.4, 0.5) is 0 Å². The summed E-state index contributed by atoms with van der Waals surface area (Å²) in [4.78, 5) is 0. The molecule has 2 rings (SSSR count). The molecule has 0 atom stereocenters. The van der Waals surface area contributed by atoms with E-state index >= 15 is 0 Å². The van der Waals surface area contributed by atoms with Crippen LogP contribution < -0.4 is 0 Å². The molecule has 0 radical (unpaired) electrons. The van der Waals surface area contributed by atoms with Crippen LogP contribution in [-0.2, 0) is 0 Å². The molecule has 21 heavy (non-hydrogen) atoms. The third kappa shape index (κ3) is 5.83. The molecule has 2 aromatic carbocycles. The smallest absolute Gasteiger partial charge is 0.0178 e. The lowest BCUT2D eigenvalue weighted by Crippen LogP contribution is -1.81. The highest BCUT2D eigenvalue weighted by Crippen LogP contribution is 2.21. The van der Waals surface area contributed by atoms with Crippen LogP contribution in [0, 0.1) is 0 Å². The molecule has 0 fully saturated rings. The van der Waals surface area contributed by atoms with Gasteiger partial charge in [-0.3, -0.25) is 0 Å². The molecule has 0 aromatic heterocycles. The molecule has 0 heteroatoms. The van der Waals surface area contributed by atoms with Crippen molar-refractivity contribution in [3.8, 4) is 0 Å². The van der Waals surface area contributed by atoms with Gasteiger partial charge < -0.3 is 0 Å². The van der Waals surface area contributed by atoms with Gasteiger partial charge in [0, 0.05) is 0 Å². The van der Waals surface area contributed by atoms with Gasteiger partial charge in [0.2, 0.25) is 0 Å². The van der Waals surface area contributed by atoms with E-state index < -0.39 is 0 Å². The van der Waals surface area contributed by atoms with E-state index in [-0.39, 0.29) is 0 Å². The van der Waals surface area contributed by atoms with Crippen molar-refractivity contribution in [1.29, 1.82) is 0 Å². The molecule has 0 aliphatic carbocycles. The minimum Gasteiger partial charge on any atom is -0.0984 e. The Labute approximate surface area is 130 Å². The highest BCUT2D eigenvalue weighted by Gasteiger charge is 1.98. The molecular formula is C21H28. The summed E-state index contributed by atoms with van der Waals surface area (Å²) in [7, 11) is 0. The fourth-order valence-electron chi connectivity index (χ4n) is 1.85. The van der Waals surface area contributed by atoms with Crippen LogP contribution in [0.2, 0.25) is 0 Å². The molecule has 0 amide bonds. The van der Waals surface area contributed by atoms with Crippen LogP contribution in [0.3, 0.4) is 0 Å². The summed E-state index contributed by atoms with van der Waals surface area (Å²) in [5.74, 6) is 0. The number of benzene rings is 2. The first-order valence-corrected chi connectivity index (χ1v) is 7.79. The first-order chi connectivity index (χ1) is 10.3. The van der Waals surface area contributed by atoms with E-state index in [9.17, 15) is 0 Å². The molecular weight excluding hydrogens is 252 g/mol. The van der Waals surface area contributed by atoms with Crippen LogP contribution in [0.1, 0.15) is 40.2 Å². The third-order valence-electron chi connectivity index (χ3n) is 2.77. The zero-order valence-corrected chi connectivity index (χ0v) is 14.1. The second kappa shape index (κ2) is 11.7. The summed E-state index contributed by atoms with van der Waals surface area (Å²) < 4.78 is 0. The van der Waals surface area contributed by atoms with Gasteiger partial charge in [0.05, 0.1) is 0 Å². The van der Waals surface area contributed by atoms with Gasteiger partial charge in [0.25, 0.3) is 0 Å². The largest absolute Gasteiger partial charge is 0.0984 e. The van der Waals surface area contributed by atoms with Crippen LogP contribution in [-0.4, -0.2) is 0 Å². The number of fused-ring (bicyclic) bond motifs is 1. The van der Waals surface area contributed by atoms with E-state index in [1.54, 1.807) is 0 Å². The highest BCUT2D eigenvalue weighted by molar-refractivity contribution is 5.88. The van der Waals surface area contributed by atoms with E-state index in [0.717, 1.165) is 5.57 Å². The maximum atomic E-state index is 3.87. The Bertz CT molecular complexity index is 586. The van der Waals surface area contributed by atoms with Crippen molar-refractivity contribution in [2.24, 2.45) is 0 Å². The number of allylic oxidation sites excluding steroid dienone is 5. The lowest BCUT2D eigenvalue weighted by molar-refractivity contribution is 1.50. The molecule has 0 unspecified atom stereocenters. The lowest BCUT2D eigenvalue weighted by Gasteiger charge is -2.04. The van der Waals surface area contributed by atoms with Gasteiger partial charge in [-0.1, -0.05) is 95.0 Å². The second-order valence-electron chi connectivity index (χ2n) is 3.91. The summed E-state index contributed by atoms with van der Waals surface area (Å²) in [6, 6.07) is 14.9. The highest BCUT2D eigenvalue weighted by atomic mass is 14.0. The number of hydrogen-bond acceptors (Lipinski definition) is 0. The fourth-order valence-corrected chi connectivity index (χ4v) is 1.85. The minimum absolute atomic E-state index is 1.15. The molecule has 0 aliphatic rings. The third-order valence-corrected chi connectivity index (χ3v) is 2.77. The fraction of sp³-hybridized carbons (Fsp3) is 0.238. The average molecular weight is 280 g/mol. The van der Waals surface area contributed by atoms with Crippen molar-refractivity contribution >= 4 is 16.3 Å². The normalized spacial score (nSPS) is 10.4. The Kier molecular flexibility index (Phi) is 10.6. The summed E-state index contributed by atoms with van der Waals surface area (Å²) in [6.45, 7) is 13.9. The first-order valence-electron chi connectivity index (χ1n) is 7.79. The van der Waals surface area contributed by atoms with Crippen molar-refractivity contribution in [1.82, 2.24) is 0 Å². The van der Waals surface area contributed by atoms with Crippen molar-refractivity contribution in [3.05, 3.63) is 78.9 Å². The number of hydrogen-bond donors (Lipinski definition) is 0. The Hall–Kier alpha value is -2.08. The summed E-state index contributed by atoms with van der Waals surface area (Å²) >= 11 is 0. The molecule has 0 bridgehead atoms. The average Bonchev–Trinajstić information content (AvgIpc) is 2.59. The second-order valence-corrected chi connectivity index (χ2v) is 3.91. The molecule has 0 saturated carbocycles. The van der Waals surface area contributed by atoms with Crippen molar-refractivity contribution in [3.63, 3.8) is 0 Å². The SMILES string of the molecule is C=C/C(=C\C=C/C)c1ccc2ccccc2c1.CC.CC. The van der Waals surface area contributed by atoms with E-state index in [1.165, 1.54) is 16.3 Å². The molecule has 2 aromatic rings. The Balaban J connectivity index is 0.000000921. The Morgan fingerprint density at radius 1 is 0.905 bits per heavy atom. The van der Waals surface area contributed by atoms with Gasteiger partial charge in [0.15, 0.2) is 0 Å². The summed E-state index contributed by atoms with van der Waals surface area (Å²) in [5, 5.41) is 2.53. The van der Waals surface area contributed by atoms with Gasteiger partial charge in [-0.25, -0.2) is 0 Å². The maximum absolute atomic E-state index is 3.87. The molecule has 0 heterocycles. The van der Waals surface area contributed by atoms with E-state index in [1.807, 2.05) is 52.8 Å². The predicted molar refractivity (Wildman–Crippen MR) is 99.6 cm³/mol.